The number of pyridine rings is 1. The molecule has 1 aliphatic rings. The molecule has 94 valence electrons. The minimum Gasteiger partial charge on any atom is -0.336 e. The van der Waals surface area contributed by atoms with Crippen molar-refractivity contribution in [1.82, 2.24) is 9.88 Å². The highest BCUT2D eigenvalue weighted by atomic mass is 16.2. The summed E-state index contributed by atoms with van der Waals surface area (Å²) in [6, 6.07) is 5.80. The maximum absolute atomic E-state index is 12.2. The number of nitrogens with zero attached hydrogens (tertiary/aromatic N) is 3. The number of carbonyl (C=O) groups is 1. The van der Waals surface area contributed by atoms with Crippen LogP contribution in [0.25, 0.3) is 0 Å². The number of aromatic nitrogens is 1. The van der Waals surface area contributed by atoms with Gasteiger partial charge in [0.1, 0.15) is 0 Å². The minimum absolute atomic E-state index is 0.0541. The molecule has 0 saturated heterocycles. The molecule has 0 aliphatic heterocycles. The van der Waals surface area contributed by atoms with Gasteiger partial charge in [-0.3, -0.25) is 9.78 Å². The third kappa shape index (κ3) is 2.84. The Kier molecular flexibility index (Phi) is 3.58. The standard InChI is InChI=1S/C13H16N4O/c14-6-2-8-17(12(18)13(15)4-5-13)10-11-3-1-7-16-9-11/h1,3,7,9H,2,4-5,8,10,15H2. The smallest absolute Gasteiger partial charge is 0.242 e. The topological polar surface area (TPSA) is 83.0 Å². The van der Waals surface area contributed by atoms with Gasteiger partial charge in [-0.05, 0) is 24.5 Å². The molecule has 1 aromatic heterocycles. The largest absolute Gasteiger partial charge is 0.336 e. The Labute approximate surface area is 106 Å². The number of carbonyl (C=O) groups excluding carboxylic acids is 1. The van der Waals surface area contributed by atoms with E-state index in [0.717, 1.165) is 18.4 Å². The third-order valence-corrected chi connectivity index (χ3v) is 3.09. The van der Waals surface area contributed by atoms with Crippen molar-refractivity contribution in [2.24, 2.45) is 5.73 Å². The van der Waals surface area contributed by atoms with E-state index in [1.54, 1.807) is 17.3 Å². The van der Waals surface area contributed by atoms with E-state index in [0.29, 0.717) is 19.5 Å². The molecule has 18 heavy (non-hydrogen) atoms. The zero-order chi connectivity index (χ0) is 13.0. The van der Waals surface area contributed by atoms with Crippen molar-refractivity contribution in [2.75, 3.05) is 6.54 Å². The Hall–Kier alpha value is -1.93. The molecule has 1 aliphatic carbocycles. The van der Waals surface area contributed by atoms with Crippen LogP contribution in [-0.4, -0.2) is 27.9 Å². The van der Waals surface area contributed by atoms with Crippen molar-refractivity contribution >= 4 is 5.91 Å². The minimum atomic E-state index is -0.683. The van der Waals surface area contributed by atoms with Crippen molar-refractivity contribution in [3.8, 4) is 6.07 Å². The summed E-state index contributed by atoms with van der Waals surface area (Å²) in [4.78, 5) is 17.9. The van der Waals surface area contributed by atoms with Crippen molar-refractivity contribution in [2.45, 2.75) is 31.3 Å². The molecular weight excluding hydrogens is 228 g/mol. The van der Waals surface area contributed by atoms with Gasteiger partial charge >= 0.3 is 0 Å². The first-order valence-corrected chi connectivity index (χ1v) is 6.00. The highest BCUT2D eigenvalue weighted by molar-refractivity contribution is 5.89. The molecule has 1 amide bonds. The molecule has 2 N–H and O–H groups in total. The van der Waals surface area contributed by atoms with Gasteiger partial charge in [0.2, 0.25) is 5.91 Å². The summed E-state index contributed by atoms with van der Waals surface area (Å²) >= 11 is 0. The number of hydrogen-bond donors (Lipinski definition) is 1. The SMILES string of the molecule is N#CCCN(Cc1cccnc1)C(=O)C1(N)CC1. The van der Waals surface area contributed by atoms with Crippen molar-refractivity contribution in [1.29, 1.82) is 5.26 Å². The molecule has 0 aromatic carbocycles. The van der Waals surface area contributed by atoms with Gasteiger partial charge in [-0.15, -0.1) is 0 Å². The second kappa shape index (κ2) is 5.15. The molecule has 1 aromatic rings. The van der Waals surface area contributed by atoms with Gasteiger partial charge in [-0.2, -0.15) is 5.26 Å². The normalized spacial score (nSPS) is 15.8. The number of rotatable bonds is 5. The average molecular weight is 244 g/mol. The predicted octanol–water partition coefficient (Wildman–Crippen LogP) is 0.815. The molecular formula is C13H16N4O. The summed E-state index contributed by atoms with van der Waals surface area (Å²) in [5.41, 5.74) is 6.20. The van der Waals surface area contributed by atoms with Gasteiger partial charge in [0.25, 0.3) is 0 Å². The molecule has 5 nitrogen and oxygen atoms in total. The Bertz CT molecular complexity index is 462. The van der Waals surface area contributed by atoms with Crippen LogP contribution in [-0.2, 0) is 11.3 Å². The first-order chi connectivity index (χ1) is 8.65. The van der Waals surface area contributed by atoms with Crippen LogP contribution in [0.1, 0.15) is 24.8 Å². The van der Waals surface area contributed by atoms with Crippen molar-refractivity contribution < 1.29 is 4.79 Å². The van der Waals surface area contributed by atoms with Gasteiger partial charge in [0, 0.05) is 25.5 Å². The lowest BCUT2D eigenvalue weighted by atomic mass is 10.2. The second-order valence-corrected chi connectivity index (χ2v) is 4.65. The fourth-order valence-electron chi connectivity index (χ4n) is 1.81. The lowest BCUT2D eigenvalue weighted by molar-refractivity contribution is -0.134. The van der Waals surface area contributed by atoms with Crippen LogP contribution in [0, 0.1) is 11.3 Å². The first-order valence-electron chi connectivity index (χ1n) is 6.00. The lowest BCUT2D eigenvalue weighted by Crippen LogP contribution is -2.45. The molecule has 0 unspecified atom stereocenters. The van der Waals surface area contributed by atoms with Crippen LogP contribution in [0.3, 0.4) is 0 Å². The fourth-order valence-corrected chi connectivity index (χ4v) is 1.81. The zero-order valence-electron chi connectivity index (χ0n) is 10.2. The average Bonchev–Trinajstić information content (AvgIpc) is 3.14. The van der Waals surface area contributed by atoms with Crippen LogP contribution in [0.5, 0.6) is 0 Å². The van der Waals surface area contributed by atoms with Crippen LogP contribution < -0.4 is 5.73 Å². The molecule has 1 heterocycles. The number of nitriles is 1. The van der Waals surface area contributed by atoms with E-state index in [4.69, 9.17) is 11.0 Å². The van der Waals surface area contributed by atoms with E-state index >= 15 is 0 Å². The molecule has 5 heteroatoms. The molecule has 0 atom stereocenters. The summed E-state index contributed by atoms with van der Waals surface area (Å²) in [5, 5.41) is 8.65. The van der Waals surface area contributed by atoms with Crippen molar-refractivity contribution in [3.05, 3.63) is 30.1 Å². The zero-order valence-corrected chi connectivity index (χ0v) is 10.2. The summed E-state index contributed by atoms with van der Waals surface area (Å²) < 4.78 is 0. The summed E-state index contributed by atoms with van der Waals surface area (Å²) in [5.74, 6) is -0.0541. The molecule has 2 rings (SSSR count). The molecule has 1 fully saturated rings. The van der Waals surface area contributed by atoms with E-state index < -0.39 is 5.54 Å². The summed E-state index contributed by atoms with van der Waals surface area (Å²) in [6.07, 6.45) is 5.21. The van der Waals surface area contributed by atoms with Gasteiger partial charge in [0.05, 0.1) is 18.0 Å². The van der Waals surface area contributed by atoms with Gasteiger partial charge in [-0.25, -0.2) is 0 Å². The number of amides is 1. The molecule has 0 bridgehead atoms. The Morgan fingerprint density at radius 1 is 1.61 bits per heavy atom. The van der Waals surface area contributed by atoms with E-state index in [2.05, 4.69) is 11.1 Å². The van der Waals surface area contributed by atoms with Gasteiger partial charge < -0.3 is 10.6 Å². The second-order valence-electron chi connectivity index (χ2n) is 4.65. The first kappa shape index (κ1) is 12.5. The Balaban J connectivity index is 2.06. The highest BCUT2D eigenvalue weighted by Gasteiger charge is 2.48. The fraction of sp³-hybridized carbons (Fsp3) is 0.462. The maximum Gasteiger partial charge on any atom is 0.242 e. The van der Waals surface area contributed by atoms with Crippen LogP contribution in [0.2, 0.25) is 0 Å². The third-order valence-electron chi connectivity index (χ3n) is 3.09. The van der Waals surface area contributed by atoms with Crippen LogP contribution in [0.4, 0.5) is 0 Å². The lowest BCUT2D eigenvalue weighted by Gasteiger charge is -2.24. The van der Waals surface area contributed by atoms with E-state index in [1.807, 2.05) is 12.1 Å². The van der Waals surface area contributed by atoms with E-state index in [9.17, 15) is 4.79 Å². The monoisotopic (exact) mass is 244 g/mol. The van der Waals surface area contributed by atoms with E-state index in [1.165, 1.54) is 0 Å². The van der Waals surface area contributed by atoms with Crippen LogP contribution >= 0.6 is 0 Å². The number of nitrogens with two attached hydrogens (primary N) is 1. The number of hydrogen-bond acceptors (Lipinski definition) is 4. The maximum atomic E-state index is 12.2. The summed E-state index contributed by atoms with van der Waals surface area (Å²) in [7, 11) is 0. The molecule has 1 saturated carbocycles. The van der Waals surface area contributed by atoms with Gasteiger partial charge in [-0.1, -0.05) is 6.07 Å². The Morgan fingerprint density at radius 2 is 2.39 bits per heavy atom. The van der Waals surface area contributed by atoms with E-state index in [-0.39, 0.29) is 5.91 Å². The molecule has 0 radical (unpaired) electrons. The van der Waals surface area contributed by atoms with Gasteiger partial charge in [0.15, 0.2) is 0 Å². The van der Waals surface area contributed by atoms with Crippen LogP contribution in [0.15, 0.2) is 24.5 Å². The predicted molar refractivity (Wildman–Crippen MR) is 66.0 cm³/mol. The summed E-state index contributed by atoms with van der Waals surface area (Å²) in [6.45, 7) is 0.885. The highest BCUT2D eigenvalue weighted by Crippen LogP contribution is 2.34. The quantitative estimate of drug-likeness (QED) is 0.831. The molecule has 0 spiro atoms. The Morgan fingerprint density at radius 3 is 2.94 bits per heavy atom. The van der Waals surface area contributed by atoms with Crippen molar-refractivity contribution in [3.63, 3.8) is 0 Å².